The minimum atomic E-state index is -3.79. The van der Waals surface area contributed by atoms with Crippen molar-refractivity contribution in [2.75, 3.05) is 9.44 Å². The predicted octanol–water partition coefficient (Wildman–Crippen LogP) is 6.71. The summed E-state index contributed by atoms with van der Waals surface area (Å²) in [4.78, 5) is 0.0304. The predicted molar refractivity (Wildman–Crippen MR) is 171 cm³/mol. The van der Waals surface area contributed by atoms with Crippen molar-refractivity contribution in [3.05, 3.63) is 106 Å². The number of aromatic nitrogens is 4. The Morgan fingerprint density at radius 3 is 1.58 bits per heavy atom. The SMILES string of the molecule is Cn1ncc2cc(NS(=O)(=O)c3ccc(Cl)cc3Cl)ccc21.Cn1ncc2cc(NS(=O)(=O)c3ccccc3Cl)ccc21. The summed E-state index contributed by atoms with van der Waals surface area (Å²) in [6.07, 6.45) is 3.35. The monoisotopic (exact) mass is 676 g/mol. The second kappa shape index (κ2) is 12.1. The zero-order valence-electron chi connectivity index (χ0n) is 22.5. The maximum Gasteiger partial charge on any atom is 0.263 e. The van der Waals surface area contributed by atoms with E-state index in [4.69, 9.17) is 34.8 Å². The van der Waals surface area contributed by atoms with Gasteiger partial charge in [0.1, 0.15) is 9.79 Å². The number of hydrogen-bond donors (Lipinski definition) is 2. The van der Waals surface area contributed by atoms with Gasteiger partial charge in [0.2, 0.25) is 0 Å². The van der Waals surface area contributed by atoms with Crippen LogP contribution in [0.5, 0.6) is 0 Å². The first kappa shape index (κ1) is 30.6. The van der Waals surface area contributed by atoms with Crippen LogP contribution >= 0.6 is 34.8 Å². The molecule has 0 saturated carbocycles. The molecule has 0 spiro atoms. The highest BCUT2D eigenvalue weighted by Crippen LogP contribution is 2.28. The number of fused-ring (bicyclic) bond motifs is 2. The quantitative estimate of drug-likeness (QED) is 0.202. The van der Waals surface area contributed by atoms with Crippen LogP contribution in [0.15, 0.2) is 101 Å². The number of aryl methyl sites for hydroxylation is 2. The average molecular weight is 678 g/mol. The summed E-state index contributed by atoms with van der Waals surface area (Å²) < 4.78 is 58.0. The molecule has 0 aliphatic rings. The molecule has 0 amide bonds. The van der Waals surface area contributed by atoms with Gasteiger partial charge in [0.15, 0.2) is 0 Å². The topological polar surface area (TPSA) is 128 Å². The van der Waals surface area contributed by atoms with Crippen molar-refractivity contribution >= 4 is 88.0 Å². The van der Waals surface area contributed by atoms with Gasteiger partial charge in [-0.1, -0.05) is 46.9 Å². The van der Waals surface area contributed by atoms with E-state index < -0.39 is 20.0 Å². The zero-order valence-corrected chi connectivity index (χ0v) is 26.4. The van der Waals surface area contributed by atoms with Crippen molar-refractivity contribution < 1.29 is 16.8 Å². The van der Waals surface area contributed by atoms with Crippen LogP contribution in [-0.4, -0.2) is 36.4 Å². The number of anilines is 2. The first-order chi connectivity index (χ1) is 20.3. The summed E-state index contributed by atoms with van der Waals surface area (Å²) in [7, 11) is -3.86. The Morgan fingerprint density at radius 1 is 0.605 bits per heavy atom. The highest BCUT2D eigenvalue weighted by molar-refractivity contribution is 7.93. The summed E-state index contributed by atoms with van der Waals surface area (Å²) in [6, 6.07) is 21.0. The van der Waals surface area contributed by atoms with Gasteiger partial charge in [0.05, 0.1) is 33.5 Å². The van der Waals surface area contributed by atoms with Crippen molar-refractivity contribution in [3.63, 3.8) is 0 Å². The molecule has 0 fully saturated rings. The van der Waals surface area contributed by atoms with Crippen LogP contribution in [0.2, 0.25) is 15.1 Å². The molecular weight excluding hydrogens is 655 g/mol. The van der Waals surface area contributed by atoms with Gasteiger partial charge in [-0.15, -0.1) is 0 Å². The second-order valence-corrected chi connectivity index (χ2v) is 13.9. The van der Waals surface area contributed by atoms with Gasteiger partial charge in [-0.25, -0.2) is 16.8 Å². The van der Waals surface area contributed by atoms with E-state index in [0.29, 0.717) is 16.4 Å². The number of hydrogen-bond acceptors (Lipinski definition) is 6. The highest BCUT2D eigenvalue weighted by atomic mass is 35.5. The maximum atomic E-state index is 12.4. The molecule has 2 heterocycles. The lowest BCUT2D eigenvalue weighted by atomic mass is 10.2. The Kier molecular flexibility index (Phi) is 8.59. The molecule has 4 aromatic carbocycles. The molecule has 0 saturated heterocycles. The highest BCUT2D eigenvalue weighted by Gasteiger charge is 2.19. The van der Waals surface area contributed by atoms with Crippen LogP contribution in [0, 0.1) is 0 Å². The summed E-state index contributed by atoms with van der Waals surface area (Å²) >= 11 is 17.7. The lowest BCUT2D eigenvalue weighted by molar-refractivity contribution is 0.599. The Labute approximate surface area is 262 Å². The molecule has 0 bridgehead atoms. The van der Waals surface area contributed by atoms with E-state index in [-0.39, 0.29) is 19.8 Å². The van der Waals surface area contributed by atoms with Gasteiger partial charge in [0, 0.05) is 41.3 Å². The first-order valence-corrected chi connectivity index (χ1v) is 16.5. The number of rotatable bonds is 6. The Bertz CT molecular complexity index is 2200. The molecular formula is C28H23Cl3N6O4S2. The standard InChI is InChI=1S/C14H11Cl2N3O2S.C14H12ClN3O2S/c1-19-13-4-3-11(6-9(13)8-17-19)18-22(20,21)14-5-2-10(15)7-12(14)16;1-18-13-7-6-11(8-10(13)9-16-18)17-21(19,20)14-5-3-2-4-12(14)15/h2-8,18H,1H3;2-9,17H,1H3. The van der Waals surface area contributed by atoms with E-state index in [9.17, 15) is 16.8 Å². The van der Waals surface area contributed by atoms with Gasteiger partial charge >= 0.3 is 0 Å². The fourth-order valence-electron chi connectivity index (χ4n) is 4.23. The molecule has 2 N–H and O–H groups in total. The molecule has 10 nitrogen and oxygen atoms in total. The van der Waals surface area contributed by atoms with E-state index >= 15 is 0 Å². The molecule has 6 rings (SSSR count). The fraction of sp³-hybridized carbons (Fsp3) is 0.0714. The van der Waals surface area contributed by atoms with E-state index in [1.807, 2.05) is 20.2 Å². The second-order valence-electron chi connectivity index (χ2n) is 9.30. The van der Waals surface area contributed by atoms with E-state index in [1.54, 1.807) is 70.3 Å². The van der Waals surface area contributed by atoms with Crippen LogP contribution in [0.1, 0.15) is 0 Å². The van der Waals surface area contributed by atoms with E-state index in [2.05, 4.69) is 19.6 Å². The largest absolute Gasteiger partial charge is 0.280 e. The minimum Gasteiger partial charge on any atom is -0.280 e. The van der Waals surface area contributed by atoms with Crippen LogP contribution in [0.4, 0.5) is 11.4 Å². The van der Waals surface area contributed by atoms with Crippen molar-refractivity contribution in [2.45, 2.75) is 9.79 Å². The van der Waals surface area contributed by atoms with Crippen molar-refractivity contribution in [1.29, 1.82) is 0 Å². The summed E-state index contributed by atoms with van der Waals surface area (Å²) in [5.74, 6) is 0. The Balaban J connectivity index is 0.000000171. The number of nitrogens with one attached hydrogen (secondary N) is 2. The normalized spacial score (nSPS) is 11.7. The molecule has 0 unspecified atom stereocenters. The van der Waals surface area contributed by atoms with E-state index in [0.717, 1.165) is 21.8 Å². The van der Waals surface area contributed by atoms with Gasteiger partial charge < -0.3 is 0 Å². The van der Waals surface area contributed by atoms with Crippen LogP contribution in [0.25, 0.3) is 21.8 Å². The summed E-state index contributed by atoms with van der Waals surface area (Å²) in [6.45, 7) is 0. The van der Waals surface area contributed by atoms with Crippen LogP contribution < -0.4 is 9.44 Å². The van der Waals surface area contributed by atoms with Crippen molar-refractivity contribution in [2.24, 2.45) is 14.1 Å². The summed E-state index contributed by atoms with van der Waals surface area (Å²) in [5.41, 5.74) is 2.74. The van der Waals surface area contributed by atoms with Gasteiger partial charge in [-0.05, 0) is 66.7 Å². The average Bonchev–Trinajstić information content (AvgIpc) is 3.49. The molecule has 0 atom stereocenters. The lowest BCUT2D eigenvalue weighted by Gasteiger charge is -2.10. The molecule has 6 aromatic rings. The number of benzene rings is 4. The van der Waals surface area contributed by atoms with E-state index in [1.165, 1.54) is 24.3 Å². The molecule has 222 valence electrons. The first-order valence-electron chi connectivity index (χ1n) is 12.4. The van der Waals surface area contributed by atoms with Gasteiger partial charge in [-0.3, -0.25) is 18.8 Å². The zero-order chi connectivity index (χ0) is 30.9. The third-order valence-corrected chi connectivity index (χ3v) is 10.3. The van der Waals surface area contributed by atoms with Crippen molar-refractivity contribution in [1.82, 2.24) is 19.6 Å². The van der Waals surface area contributed by atoms with Gasteiger partial charge in [0.25, 0.3) is 20.0 Å². The number of nitrogens with zero attached hydrogens (tertiary/aromatic N) is 4. The third kappa shape index (κ3) is 6.73. The Morgan fingerprint density at radius 2 is 1.09 bits per heavy atom. The minimum absolute atomic E-state index is 0.0233. The maximum absolute atomic E-state index is 12.4. The molecule has 0 radical (unpaired) electrons. The summed E-state index contributed by atoms with van der Waals surface area (Å²) in [5, 5.41) is 10.6. The molecule has 0 aliphatic heterocycles. The van der Waals surface area contributed by atoms with Gasteiger partial charge in [-0.2, -0.15) is 10.2 Å². The smallest absolute Gasteiger partial charge is 0.263 e. The number of sulfonamides is 2. The van der Waals surface area contributed by atoms with Crippen LogP contribution in [0.3, 0.4) is 0 Å². The fourth-order valence-corrected chi connectivity index (χ4v) is 7.62. The van der Waals surface area contributed by atoms with Crippen molar-refractivity contribution in [3.8, 4) is 0 Å². The lowest BCUT2D eigenvalue weighted by Crippen LogP contribution is -2.13. The third-order valence-electron chi connectivity index (χ3n) is 6.31. The van der Waals surface area contributed by atoms with Crippen LogP contribution in [-0.2, 0) is 34.1 Å². The molecule has 43 heavy (non-hydrogen) atoms. The molecule has 0 aliphatic carbocycles. The number of halogens is 3. The molecule has 2 aromatic heterocycles. The Hall–Kier alpha value is -3.81. The molecule has 15 heteroatoms.